The van der Waals surface area contributed by atoms with E-state index in [9.17, 15) is 9.90 Å². The molecule has 1 amide bonds. The molecule has 0 fully saturated rings. The predicted octanol–water partition coefficient (Wildman–Crippen LogP) is 5.34. The van der Waals surface area contributed by atoms with Crippen LogP contribution in [0, 0.1) is 6.92 Å². The largest absolute Gasteiger partial charge is 0.503 e. The lowest BCUT2D eigenvalue weighted by molar-refractivity contribution is -0.130. The first kappa shape index (κ1) is 20.2. The summed E-state index contributed by atoms with van der Waals surface area (Å²) in [4.78, 5) is 15.0. The van der Waals surface area contributed by atoms with Crippen molar-refractivity contribution < 1.29 is 19.4 Å². The van der Waals surface area contributed by atoms with Crippen LogP contribution in [0.2, 0.25) is 0 Å². The number of hydrogen-bond donors (Lipinski definition) is 1. The van der Waals surface area contributed by atoms with Crippen LogP contribution in [0.1, 0.15) is 40.8 Å². The smallest absolute Gasteiger partial charge is 0.290 e. The van der Waals surface area contributed by atoms with Gasteiger partial charge in [0.05, 0.1) is 6.04 Å². The van der Waals surface area contributed by atoms with Crippen LogP contribution in [-0.2, 0) is 17.8 Å². The monoisotopic (exact) mass is 427 g/mol. The fourth-order valence-electron chi connectivity index (χ4n) is 4.36. The number of carbonyl (C=O) groups is 1. The number of amides is 1. The van der Waals surface area contributed by atoms with E-state index in [2.05, 4.69) is 31.2 Å². The van der Waals surface area contributed by atoms with Crippen LogP contribution in [0.15, 0.2) is 72.5 Å². The second-order valence-corrected chi connectivity index (χ2v) is 8.25. The van der Waals surface area contributed by atoms with Crippen LogP contribution >= 0.6 is 0 Å². The Kier molecular flexibility index (Phi) is 5.10. The summed E-state index contributed by atoms with van der Waals surface area (Å²) in [5.74, 6) is 0.811. The van der Waals surface area contributed by atoms with Gasteiger partial charge in [-0.1, -0.05) is 67.1 Å². The van der Waals surface area contributed by atoms with Gasteiger partial charge in [0.25, 0.3) is 5.91 Å². The van der Waals surface area contributed by atoms with Gasteiger partial charge in [-0.3, -0.25) is 4.79 Å². The summed E-state index contributed by atoms with van der Waals surface area (Å²) < 4.78 is 10.9. The van der Waals surface area contributed by atoms with Crippen LogP contribution in [0.5, 0.6) is 11.5 Å². The highest BCUT2D eigenvalue weighted by atomic mass is 16.7. The van der Waals surface area contributed by atoms with E-state index < -0.39 is 0 Å². The second kappa shape index (κ2) is 8.08. The van der Waals surface area contributed by atoms with E-state index in [1.807, 2.05) is 49.4 Å². The van der Waals surface area contributed by atoms with Gasteiger partial charge >= 0.3 is 0 Å². The van der Waals surface area contributed by atoms with Gasteiger partial charge in [-0.2, -0.15) is 0 Å². The molecule has 0 spiro atoms. The molecule has 1 N–H and O–H groups in total. The fourth-order valence-corrected chi connectivity index (χ4v) is 4.36. The van der Waals surface area contributed by atoms with E-state index in [1.165, 1.54) is 5.56 Å². The summed E-state index contributed by atoms with van der Waals surface area (Å²) in [7, 11) is 0. The van der Waals surface area contributed by atoms with E-state index in [4.69, 9.17) is 9.47 Å². The van der Waals surface area contributed by atoms with Gasteiger partial charge in [0.2, 0.25) is 6.79 Å². The van der Waals surface area contributed by atoms with Gasteiger partial charge in [-0.25, -0.2) is 0 Å². The molecule has 0 unspecified atom stereocenters. The Balaban J connectivity index is 1.57. The SMILES string of the molecule is CCc1ccc([C@@H]2C(c3ccc(C)cc3)=C(O)C(=O)N2Cc2ccc3c(c2)OCO3)cc1. The molecule has 2 heterocycles. The molecule has 5 nitrogen and oxygen atoms in total. The number of ether oxygens (including phenoxy) is 2. The number of rotatable bonds is 5. The number of aryl methyl sites for hydroxylation is 2. The second-order valence-electron chi connectivity index (χ2n) is 8.25. The lowest BCUT2D eigenvalue weighted by Gasteiger charge is -2.28. The zero-order chi connectivity index (χ0) is 22.2. The molecule has 0 aromatic heterocycles. The third-order valence-electron chi connectivity index (χ3n) is 6.16. The van der Waals surface area contributed by atoms with Gasteiger partial charge < -0.3 is 19.5 Å². The van der Waals surface area contributed by atoms with Crippen molar-refractivity contribution in [3.05, 3.63) is 100 Å². The van der Waals surface area contributed by atoms with Crippen LogP contribution in [0.25, 0.3) is 5.57 Å². The molecule has 3 aromatic rings. The van der Waals surface area contributed by atoms with E-state index >= 15 is 0 Å². The lowest BCUT2D eigenvalue weighted by Crippen LogP contribution is -2.29. The molecular weight excluding hydrogens is 402 g/mol. The van der Waals surface area contributed by atoms with Crippen molar-refractivity contribution in [1.82, 2.24) is 4.90 Å². The summed E-state index contributed by atoms with van der Waals surface area (Å²) in [5, 5.41) is 11.0. The van der Waals surface area contributed by atoms with Gasteiger partial charge in [0, 0.05) is 12.1 Å². The maximum atomic E-state index is 13.3. The highest BCUT2D eigenvalue weighted by Crippen LogP contribution is 2.44. The minimum absolute atomic E-state index is 0.195. The molecule has 2 aliphatic heterocycles. The Labute approximate surface area is 187 Å². The number of benzene rings is 3. The zero-order valence-electron chi connectivity index (χ0n) is 18.2. The maximum Gasteiger partial charge on any atom is 0.290 e. The molecule has 162 valence electrons. The van der Waals surface area contributed by atoms with Crippen LogP contribution in [0.3, 0.4) is 0 Å². The molecule has 0 saturated heterocycles. The number of aliphatic hydroxyl groups is 1. The Bertz CT molecular complexity index is 1200. The lowest BCUT2D eigenvalue weighted by atomic mass is 9.92. The molecule has 5 rings (SSSR count). The number of aliphatic hydroxyl groups excluding tert-OH is 1. The Morgan fingerprint density at radius 2 is 1.62 bits per heavy atom. The molecule has 0 aliphatic carbocycles. The molecular formula is C27H25NO4. The molecule has 0 radical (unpaired) electrons. The topological polar surface area (TPSA) is 59.0 Å². The first-order chi connectivity index (χ1) is 15.5. The van der Waals surface area contributed by atoms with Crippen LogP contribution in [0.4, 0.5) is 0 Å². The number of nitrogens with zero attached hydrogens (tertiary/aromatic N) is 1. The summed E-state index contributed by atoms with van der Waals surface area (Å²) in [6, 6.07) is 21.5. The minimum atomic E-state index is -0.387. The molecule has 5 heteroatoms. The fraction of sp³-hybridized carbons (Fsp3) is 0.222. The van der Waals surface area contributed by atoms with Crippen molar-refractivity contribution in [3.63, 3.8) is 0 Å². The van der Waals surface area contributed by atoms with Gasteiger partial charge in [-0.15, -0.1) is 0 Å². The number of carbonyl (C=O) groups excluding carboxylic acids is 1. The third-order valence-corrected chi connectivity index (χ3v) is 6.16. The van der Waals surface area contributed by atoms with Gasteiger partial charge in [0.15, 0.2) is 17.3 Å². The average Bonchev–Trinajstić information content (AvgIpc) is 3.38. The first-order valence-corrected chi connectivity index (χ1v) is 10.8. The summed E-state index contributed by atoms with van der Waals surface area (Å²) >= 11 is 0. The molecule has 3 aromatic carbocycles. The van der Waals surface area contributed by atoms with E-state index in [1.54, 1.807) is 4.90 Å². The average molecular weight is 428 g/mol. The first-order valence-electron chi connectivity index (χ1n) is 10.8. The summed E-state index contributed by atoms with van der Waals surface area (Å²) in [6.07, 6.45) is 0.941. The van der Waals surface area contributed by atoms with Gasteiger partial charge in [0.1, 0.15) is 0 Å². The van der Waals surface area contributed by atoms with E-state index in [0.29, 0.717) is 23.6 Å². The Morgan fingerprint density at radius 3 is 2.34 bits per heavy atom. The summed E-state index contributed by atoms with van der Waals surface area (Å²) in [5.41, 5.74) is 5.72. The van der Waals surface area contributed by atoms with Crippen molar-refractivity contribution in [2.24, 2.45) is 0 Å². The van der Waals surface area contributed by atoms with Gasteiger partial charge in [-0.05, 0) is 47.7 Å². The van der Waals surface area contributed by atoms with Crippen molar-refractivity contribution >= 4 is 11.5 Å². The highest BCUT2D eigenvalue weighted by Gasteiger charge is 2.41. The van der Waals surface area contributed by atoms with Crippen molar-refractivity contribution in [3.8, 4) is 11.5 Å². The normalized spacial score (nSPS) is 17.4. The quantitative estimate of drug-likeness (QED) is 0.597. The number of hydrogen-bond acceptors (Lipinski definition) is 4. The third kappa shape index (κ3) is 3.50. The molecule has 32 heavy (non-hydrogen) atoms. The molecule has 0 bridgehead atoms. The Hall–Kier alpha value is -3.73. The van der Waals surface area contributed by atoms with E-state index in [0.717, 1.165) is 28.7 Å². The minimum Gasteiger partial charge on any atom is -0.503 e. The molecule has 1 atom stereocenters. The maximum absolute atomic E-state index is 13.3. The van der Waals surface area contributed by atoms with Crippen molar-refractivity contribution in [1.29, 1.82) is 0 Å². The standard InChI is InChI=1S/C27H25NO4/c1-3-18-6-11-21(12-7-18)25-24(20-9-4-17(2)5-10-20)26(29)27(30)28(25)15-19-8-13-22-23(14-19)32-16-31-22/h4-14,25,29H,3,15-16H2,1-2H3/t25-/m1/s1. The number of fused-ring (bicyclic) bond motifs is 1. The molecule has 0 saturated carbocycles. The van der Waals surface area contributed by atoms with Crippen molar-refractivity contribution in [2.45, 2.75) is 32.9 Å². The predicted molar refractivity (Wildman–Crippen MR) is 122 cm³/mol. The zero-order valence-corrected chi connectivity index (χ0v) is 18.2. The van der Waals surface area contributed by atoms with Crippen molar-refractivity contribution in [2.75, 3.05) is 6.79 Å². The summed E-state index contributed by atoms with van der Waals surface area (Å²) in [6.45, 7) is 4.68. The highest BCUT2D eigenvalue weighted by molar-refractivity contribution is 6.05. The van der Waals surface area contributed by atoms with Crippen LogP contribution in [-0.4, -0.2) is 22.7 Å². The Morgan fingerprint density at radius 1 is 0.938 bits per heavy atom. The molecule has 2 aliphatic rings. The van der Waals surface area contributed by atoms with Crippen LogP contribution < -0.4 is 9.47 Å². The van der Waals surface area contributed by atoms with E-state index in [-0.39, 0.29) is 24.5 Å².